The Kier molecular flexibility index (Phi) is 5.62. The van der Waals surface area contributed by atoms with E-state index in [0.717, 1.165) is 38.9 Å². The van der Waals surface area contributed by atoms with E-state index in [-0.39, 0.29) is 17.1 Å². The molecule has 0 atom stereocenters. The number of amides is 1. The summed E-state index contributed by atoms with van der Waals surface area (Å²) >= 11 is 0. The molecule has 2 rings (SSSR count). The van der Waals surface area contributed by atoms with Gasteiger partial charge in [-0.15, -0.1) is 0 Å². The van der Waals surface area contributed by atoms with Crippen LogP contribution in [0.4, 0.5) is 0 Å². The summed E-state index contributed by atoms with van der Waals surface area (Å²) in [5.74, 6) is -0.163. The molecule has 0 radical (unpaired) electrons. The predicted octanol–water partition coefficient (Wildman–Crippen LogP) is 0.259. The summed E-state index contributed by atoms with van der Waals surface area (Å²) in [6.45, 7) is 8.70. The van der Waals surface area contributed by atoms with Crippen molar-refractivity contribution in [2.45, 2.75) is 38.4 Å². The molecule has 0 aromatic heterocycles. The Balaban J connectivity index is 1.61. The monoisotopic (exact) mass is 317 g/mol. The molecule has 2 fully saturated rings. The third-order valence-corrected chi connectivity index (χ3v) is 6.70. The molecule has 0 unspecified atom stereocenters. The van der Waals surface area contributed by atoms with Gasteiger partial charge in [-0.25, -0.2) is 8.42 Å². The summed E-state index contributed by atoms with van der Waals surface area (Å²) in [4.78, 5) is 14.2. The van der Waals surface area contributed by atoms with Crippen molar-refractivity contribution in [3.8, 4) is 0 Å². The number of rotatable bonds is 9. The maximum absolute atomic E-state index is 11.9. The SMILES string of the molecule is CCN(CC)CCCNC(=O)C1CN(S(=O)(=O)C2CC2)C1. The standard InChI is InChI=1S/C14H27N3O3S/c1-3-16(4-2)9-5-8-15-14(18)12-10-17(11-12)21(19,20)13-6-7-13/h12-13H,3-11H2,1-2H3,(H,15,18). The van der Waals surface area contributed by atoms with Gasteiger partial charge in [-0.2, -0.15) is 4.31 Å². The molecule has 7 heteroatoms. The minimum Gasteiger partial charge on any atom is -0.356 e. The Labute approximate surface area is 127 Å². The molecule has 1 saturated heterocycles. The zero-order valence-corrected chi connectivity index (χ0v) is 13.9. The summed E-state index contributed by atoms with van der Waals surface area (Å²) in [7, 11) is -3.09. The van der Waals surface area contributed by atoms with Crippen LogP contribution in [-0.4, -0.2) is 68.0 Å². The predicted molar refractivity (Wildman–Crippen MR) is 82.4 cm³/mol. The molecule has 1 amide bonds. The van der Waals surface area contributed by atoms with Gasteiger partial charge in [0, 0.05) is 19.6 Å². The van der Waals surface area contributed by atoms with Gasteiger partial charge in [0.2, 0.25) is 15.9 Å². The van der Waals surface area contributed by atoms with Gasteiger partial charge in [0.05, 0.1) is 11.2 Å². The van der Waals surface area contributed by atoms with Crippen molar-refractivity contribution < 1.29 is 13.2 Å². The zero-order chi connectivity index (χ0) is 15.5. The van der Waals surface area contributed by atoms with Crippen molar-refractivity contribution in [3.63, 3.8) is 0 Å². The zero-order valence-electron chi connectivity index (χ0n) is 13.0. The van der Waals surface area contributed by atoms with E-state index in [2.05, 4.69) is 24.1 Å². The van der Waals surface area contributed by atoms with Gasteiger partial charge in [-0.1, -0.05) is 13.8 Å². The van der Waals surface area contributed by atoms with Crippen LogP contribution < -0.4 is 5.32 Å². The molecule has 1 aliphatic heterocycles. The van der Waals surface area contributed by atoms with E-state index in [0.29, 0.717) is 19.6 Å². The molecule has 1 aliphatic carbocycles. The quantitative estimate of drug-likeness (QED) is 0.619. The molecule has 0 aromatic carbocycles. The van der Waals surface area contributed by atoms with E-state index in [1.165, 1.54) is 4.31 Å². The second-order valence-electron chi connectivity index (χ2n) is 5.93. The number of sulfonamides is 1. The lowest BCUT2D eigenvalue weighted by Gasteiger charge is -2.37. The molecule has 0 bridgehead atoms. The van der Waals surface area contributed by atoms with Gasteiger partial charge in [-0.3, -0.25) is 4.79 Å². The molecular weight excluding hydrogens is 290 g/mol. The van der Waals surface area contributed by atoms with E-state index in [4.69, 9.17) is 0 Å². The van der Waals surface area contributed by atoms with Gasteiger partial charge < -0.3 is 10.2 Å². The summed E-state index contributed by atoms with van der Waals surface area (Å²) in [5.41, 5.74) is 0. The first-order valence-electron chi connectivity index (χ1n) is 7.98. The highest BCUT2D eigenvalue weighted by molar-refractivity contribution is 7.90. The Bertz CT molecular complexity index is 452. The van der Waals surface area contributed by atoms with Crippen molar-refractivity contribution in [2.75, 3.05) is 39.3 Å². The number of nitrogens with zero attached hydrogens (tertiary/aromatic N) is 2. The van der Waals surface area contributed by atoms with Crippen LogP contribution in [0.25, 0.3) is 0 Å². The van der Waals surface area contributed by atoms with Crippen LogP contribution in [0.1, 0.15) is 33.1 Å². The van der Waals surface area contributed by atoms with Crippen molar-refractivity contribution in [1.29, 1.82) is 0 Å². The molecule has 6 nitrogen and oxygen atoms in total. The lowest BCUT2D eigenvalue weighted by molar-refractivity contribution is -0.128. The van der Waals surface area contributed by atoms with Crippen LogP contribution in [0.3, 0.4) is 0 Å². The van der Waals surface area contributed by atoms with Gasteiger partial charge in [-0.05, 0) is 38.9 Å². The van der Waals surface area contributed by atoms with Gasteiger partial charge in [0.1, 0.15) is 0 Å². The maximum atomic E-state index is 11.9. The fraction of sp³-hybridized carbons (Fsp3) is 0.929. The second-order valence-corrected chi connectivity index (χ2v) is 8.14. The first kappa shape index (κ1) is 16.7. The molecule has 0 aromatic rings. The highest BCUT2D eigenvalue weighted by atomic mass is 32.2. The van der Waals surface area contributed by atoms with E-state index < -0.39 is 10.0 Å². The van der Waals surface area contributed by atoms with Crippen molar-refractivity contribution in [3.05, 3.63) is 0 Å². The van der Waals surface area contributed by atoms with Crippen molar-refractivity contribution in [2.24, 2.45) is 5.92 Å². The van der Waals surface area contributed by atoms with E-state index in [1.807, 2.05) is 0 Å². The van der Waals surface area contributed by atoms with E-state index >= 15 is 0 Å². The molecule has 1 heterocycles. The topological polar surface area (TPSA) is 69.7 Å². The van der Waals surface area contributed by atoms with Gasteiger partial charge >= 0.3 is 0 Å². The Hall–Kier alpha value is -0.660. The normalized spacial score (nSPS) is 20.5. The van der Waals surface area contributed by atoms with E-state index in [9.17, 15) is 13.2 Å². The summed E-state index contributed by atoms with van der Waals surface area (Å²) < 4.78 is 25.3. The molecule has 1 saturated carbocycles. The lowest BCUT2D eigenvalue weighted by atomic mass is 10.0. The van der Waals surface area contributed by atoms with Crippen LogP contribution in [0.5, 0.6) is 0 Å². The van der Waals surface area contributed by atoms with Crippen LogP contribution in [-0.2, 0) is 14.8 Å². The first-order chi connectivity index (χ1) is 9.98. The molecular formula is C14H27N3O3S. The summed E-state index contributed by atoms with van der Waals surface area (Å²) in [6, 6.07) is 0. The average molecular weight is 317 g/mol. The largest absolute Gasteiger partial charge is 0.356 e. The fourth-order valence-corrected chi connectivity index (χ4v) is 4.52. The molecule has 122 valence electrons. The Morgan fingerprint density at radius 1 is 1.24 bits per heavy atom. The second kappa shape index (κ2) is 7.07. The van der Waals surface area contributed by atoms with Gasteiger partial charge in [0.25, 0.3) is 0 Å². The number of carbonyl (C=O) groups excluding carboxylic acids is 1. The lowest BCUT2D eigenvalue weighted by Crippen LogP contribution is -2.56. The minimum atomic E-state index is -3.09. The third kappa shape index (κ3) is 4.17. The Morgan fingerprint density at radius 2 is 1.86 bits per heavy atom. The van der Waals surface area contributed by atoms with Crippen molar-refractivity contribution >= 4 is 15.9 Å². The highest BCUT2D eigenvalue weighted by Gasteiger charge is 2.46. The number of hydrogen-bond donors (Lipinski definition) is 1. The first-order valence-corrected chi connectivity index (χ1v) is 9.48. The minimum absolute atomic E-state index is 0.00297. The van der Waals surface area contributed by atoms with Crippen LogP contribution >= 0.6 is 0 Å². The highest BCUT2D eigenvalue weighted by Crippen LogP contribution is 2.34. The number of carbonyl (C=O) groups is 1. The maximum Gasteiger partial charge on any atom is 0.225 e. The van der Waals surface area contributed by atoms with Gasteiger partial charge in [0.15, 0.2) is 0 Å². The Morgan fingerprint density at radius 3 is 2.38 bits per heavy atom. The number of hydrogen-bond acceptors (Lipinski definition) is 4. The average Bonchev–Trinajstić information content (AvgIpc) is 3.21. The summed E-state index contributed by atoms with van der Waals surface area (Å²) in [5, 5.41) is 2.75. The van der Waals surface area contributed by atoms with Crippen molar-refractivity contribution in [1.82, 2.24) is 14.5 Å². The van der Waals surface area contributed by atoms with Crippen LogP contribution in [0.2, 0.25) is 0 Å². The third-order valence-electron chi connectivity index (χ3n) is 4.37. The molecule has 1 N–H and O–H groups in total. The summed E-state index contributed by atoms with van der Waals surface area (Å²) in [6.07, 6.45) is 2.49. The number of nitrogens with one attached hydrogen (secondary N) is 1. The molecule has 0 spiro atoms. The van der Waals surface area contributed by atoms with Crippen LogP contribution in [0, 0.1) is 5.92 Å². The smallest absolute Gasteiger partial charge is 0.225 e. The van der Waals surface area contributed by atoms with Crippen LogP contribution in [0.15, 0.2) is 0 Å². The molecule has 21 heavy (non-hydrogen) atoms. The molecule has 2 aliphatic rings. The fourth-order valence-electron chi connectivity index (χ4n) is 2.59. The van der Waals surface area contributed by atoms with E-state index in [1.54, 1.807) is 0 Å².